The van der Waals surface area contributed by atoms with E-state index in [-0.39, 0.29) is 12.1 Å². The van der Waals surface area contributed by atoms with Crippen molar-refractivity contribution in [3.63, 3.8) is 0 Å². The third-order valence-corrected chi connectivity index (χ3v) is 3.57. The Morgan fingerprint density at radius 3 is 2.75 bits per heavy atom. The molecule has 6 nitrogen and oxygen atoms in total. The molecule has 0 atom stereocenters. The fourth-order valence-corrected chi connectivity index (χ4v) is 2.47. The number of para-hydroxylation sites is 2. The second-order valence-corrected chi connectivity index (χ2v) is 5.16. The van der Waals surface area contributed by atoms with Gasteiger partial charge in [-0.25, -0.2) is 9.78 Å². The van der Waals surface area contributed by atoms with E-state index in [1.54, 1.807) is 6.92 Å². The molecule has 1 aromatic heterocycles. The van der Waals surface area contributed by atoms with Gasteiger partial charge in [0.25, 0.3) is 5.56 Å². The van der Waals surface area contributed by atoms with E-state index in [4.69, 9.17) is 4.74 Å². The van der Waals surface area contributed by atoms with Crippen LogP contribution in [0.15, 0.2) is 53.3 Å². The number of alkyl carbamates (subject to hydrolysis) is 1. The van der Waals surface area contributed by atoms with Crippen molar-refractivity contribution in [3.8, 4) is 11.3 Å². The van der Waals surface area contributed by atoms with Gasteiger partial charge >= 0.3 is 6.09 Å². The minimum atomic E-state index is -0.493. The molecule has 1 amide bonds. The zero-order chi connectivity index (χ0) is 16.9. The summed E-state index contributed by atoms with van der Waals surface area (Å²) in [5.74, 6) is 0. The van der Waals surface area contributed by atoms with Gasteiger partial charge in [0.15, 0.2) is 0 Å². The standard InChI is InChI=1S/C18H17N3O3/c1-2-24-18(23)19-11-12-7-3-4-8-13(12)16-17(22)21-15-10-6-5-9-14(15)20-16/h3-10H,2,11H2,1H3,(H,19,23)(H,21,22). The average Bonchev–Trinajstić information content (AvgIpc) is 2.60. The molecule has 0 saturated heterocycles. The van der Waals surface area contributed by atoms with Crippen molar-refractivity contribution in [1.82, 2.24) is 15.3 Å². The quantitative estimate of drug-likeness (QED) is 0.773. The van der Waals surface area contributed by atoms with Gasteiger partial charge < -0.3 is 15.0 Å². The van der Waals surface area contributed by atoms with Crippen LogP contribution < -0.4 is 10.9 Å². The van der Waals surface area contributed by atoms with Crippen LogP contribution in [-0.2, 0) is 11.3 Å². The fraction of sp³-hybridized carbons (Fsp3) is 0.167. The largest absolute Gasteiger partial charge is 0.450 e. The number of benzene rings is 2. The Morgan fingerprint density at radius 2 is 1.92 bits per heavy atom. The maximum atomic E-state index is 12.4. The van der Waals surface area contributed by atoms with Gasteiger partial charge in [-0.2, -0.15) is 0 Å². The molecule has 3 rings (SSSR count). The van der Waals surface area contributed by atoms with E-state index in [0.29, 0.717) is 28.9 Å². The number of aromatic nitrogens is 2. The SMILES string of the molecule is CCOC(=O)NCc1ccccc1-c1nc2ccccc2[nH]c1=O. The van der Waals surface area contributed by atoms with Crippen LogP contribution in [0.1, 0.15) is 12.5 Å². The highest BCUT2D eigenvalue weighted by Crippen LogP contribution is 2.20. The molecule has 0 unspecified atom stereocenters. The second-order valence-electron chi connectivity index (χ2n) is 5.16. The first-order valence-corrected chi connectivity index (χ1v) is 7.67. The molecule has 2 aromatic carbocycles. The van der Waals surface area contributed by atoms with Crippen LogP contribution in [0, 0.1) is 0 Å². The lowest BCUT2D eigenvalue weighted by molar-refractivity contribution is 0.151. The third-order valence-electron chi connectivity index (χ3n) is 3.57. The van der Waals surface area contributed by atoms with Crippen LogP contribution in [0.4, 0.5) is 4.79 Å². The van der Waals surface area contributed by atoms with E-state index < -0.39 is 6.09 Å². The van der Waals surface area contributed by atoms with E-state index >= 15 is 0 Å². The zero-order valence-electron chi connectivity index (χ0n) is 13.2. The van der Waals surface area contributed by atoms with Crippen LogP contribution in [0.25, 0.3) is 22.3 Å². The monoisotopic (exact) mass is 323 g/mol. The molecular weight excluding hydrogens is 306 g/mol. The van der Waals surface area contributed by atoms with E-state index in [0.717, 1.165) is 5.56 Å². The zero-order valence-corrected chi connectivity index (χ0v) is 13.2. The smallest absolute Gasteiger partial charge is 0.407 e. The van der Waals surface area contributed by atoms with E-state index in [2.05, 4.69) is 15.3 Å². The van der Waals surface area contributed by atoms with Crippen molar-refractivity contribution in [2.24, 2.45) is 0 Å². The summed E-state index contributed by atoms with van der Waals surface area (Å²) in [4.78, 5) is 31.2. The minimum absolute atomic E-state index is 0.253. The Hall–Kier alpha value is -3.15. The average molecular weight is 323 g/mol. The van der Waals surface area contributed by atoms with Gasteiger partial charge in [-0.05, 0) is 24.6 Å². The number of nitrogens with zero attached hydrogens (tertiary/aromatic N) is 1. The molecule has 0 aliphatic rings. The topological polar surface area (TPSA) is 84.1 Å². The van der Waals surface area contributed by atoms with E-state index in [1.807, 2.05) is 48.5 Å². The summed E-state index contributed by atoms with van der Waals surface area (Å²) in [6.45, 7) is 2.30. The number of hydrogen-bond donors (Lipinski definition) is 2. The highest BCUT2D eigenvalue weighted by Gasteiger charge is 2.12. The normalized spacial score (nSPS) is 10.5. The molecule has 0 aliphatic heterocycles. The van der Waals surface area contributed by atoms with Gasteiger partial charge in [0, 0.05) is 12.1 Å². The number of rotatable bonds is 4. The van der Waals surface area contributed by atoms with Gasteiger partial charge in [0.1, 0.15) is 5.69 Å². The second kappa shape index (κ2) is 6.95. The van der Waals surface area contributed by atoms with Gasteiger partial charge in [-0.15, -0.1) is 0 Å². The number of ether oxygens (including phenoxy) is 1. The van der Waals surface area contributed by atoms with Gasteiger partial charge in [0.2, 0.25) is 0 Å². The summed E-state index contributed by atoms with van der Waals surface area (Å²) in [7, 11) is 0. The maximum Gasteiger partial charge on any atom is 0.407 e. The predicted octanol–water partition coefficient (Wildman–Crippen LogP) is 2.84. The number of amides is 1. The van der Waals surface area contributed by atoms with E-state index in [9.17, 15) is 9.59 Å². The Morgan fingerprint density at radius 1 is 1.17 bits per heavy atom. The molecular formula is C18H17N3O3. The van der Waals surface area contributed by atoms with Crippen molar-refractivity contribution >= 4 is 17.1 Å². The molecule has 0 fully saturated rings. The molecule has 0 spiro atoms. The number of nitrogens with one attached hydrogen (secondary N) is 2. The summed E-state index contributed by atoms with van der Waals surface area (Å²) in [6.07, 6.45) is -0.493. The summed E-state index contributed by atoms with van der Waals surface area (Å²) < 4.78 is 4.86. The molecule has 1 heterocycles. The van der Waals surface area contributed by atoms with Gasteiger partial charge in [-0.1, -0.05) is 36.4 Å². The first-order chi connectivity index (χ1) is 11.7. The minimum Gasteiger partial charge on any atom is -0.450 e. The lowest BCUT2D eigenvalue weighted by atomic mass is 10.0. The summed E-state index contributed by atoms with van der Waals surface area (Å²) in [6, 6.07) is 14.7. The third kappa shape index (κ3) is 3.27. The Balaban J connectivity index is 1.99. The number of H-pyrrole nitrogens is 1. The van der Waals surface area contributed by atoms with Crippen molar-refractivity contribution in [2.75, 3.05) is 6.61 Å². The predicted molar refractivity (Wildman–Crippen MR) is 91.7 cm³/mol. The number of carbonyl (C=O) groups is 1. The van der Waals surface area contributed by atoms with Crippen LogP contribution >= 0.6 is 0 Å². The molecule has 0 radical (unpaired) electrons. The van der Waals surface area contributed by atoms with Crippen molar-refractivity contribution in [3.05, 3.63) is 64.4 Å². The summed E-state index contributed by atoms with van der Waals surface area (Å²) in [5.41, 5.74) is 2.93. The molecule has 24 heavy (non-hydrogen) atoms. The molecule has 0 aliphatic carbocycles. The lowest BCUT2D eigenvalue weighted by Gasteiger charge is -2.10. The number of hydrogen-bond acceptors (Lipinski definition) is 4. The molecule has 122 valence electrons. The number of aromatic amines is 1. The van der Waals surface area contributed by atoms with Crippen LogP contribution in [0.3, 0.4) is 0 Å². The Kier molecular flexibility index (Phi) is 4.56. The van der Waals surface area contributed by atoms with Crippen LogP contribution in [-0.4, -0.2) is 22.7 Å². The van der Waals surface area contributed by atoms with Crippen molar-refractivity contribution < 1.29 is 9.53 Å². The highest BCUT2D eigenvalue weighted by atomic mass is 16.5. The van der Waals surface area contributed by atoms with E-state index in [1.165, 1.54) is 0 Å². The van der Waals surface area contributed by atoms with Crippen molar-refractivity contribution in [2.45, 2.75) is 13.5 Å². The summed E-state index contributed by atoms with van der Waals surface area (Å²) in [5, 5.41) is 2.67. The molecule has 3 aromatic rings. The summed E-state index contributed by atoms with van der Waals surface area (Å²) >= 11 is 0. The van der Waals surface area contributed by atoms with Gasteiger partial charge in [0.05, 0.1) is 17.6 Å². The molecule has 6 heteroatoms. The Labute approximate surface area is 138 Å². The molecule has 2 N–H and O–H groups in total. The maximum absolute atomic E-state index is 12.4. The first-order valence-electron chi connectivity index (χ1n) is 7.67. The Bertz CT molecular complexity index is 934. The lowest BCUT2D eigenvalue weighted by Crippen LogP contribution is -2.24. The first kappa shape index (κ1) is 15.7. The number of fused-ring (bicyclic) bond motifs is 1. The number of carbonyl (C=O) groups excluding carboxylic acids is 1. The fourth-order valence-electron chi connectivity index (χ4n) is 2.47. The van der Waals surface area contributed by atoms with Crippen LogP contribution in [0.2, 0.25) is 0 Å². The van der Waals surface area contributed by atoms with Gasteiger partial charge in [-0.3, -0.25) is 4.79 Å². The highest BCUT2D eigenvalue weighted by molar-refractivity contribution is 5.77. The molecule has 0 bridgehead atoms. The van der Waals surface area contributed by atoms with Crippen LogP contribution in [0.5, 0.6) is 0 Å². The molecule has 0 saturated carbocycles. The van der Waals surface area contributed by atoms with Crippen molar-refractivity contribution in [1.29, 1.82) is 0 Å².